The van der Waals surface area contributed by atoms with Gasteiger partial charge in [-0.25, -0.2) is 5.25 Å². The fraction of sp³-hybridized carbons (Fsp3) is 0. The molecule has 0 heterocycles. The Kier molecular flexibility index (Phi) is 6.04. The Morgan fingerprint density at radius 1 is 0.625 bits per heavy atom. The van der Waals surface area contributed by atoms with Crippen LogP contribution in [0.25, 0.3) is 0 Å². The van der Waals surface area contributed by atoms with Crippen LogP contribution in [-0.4, -0.2) is 0 Å². The molecule has 0 amide bonds. The maximum atomic E-state index is 4.14. The highest BCUT2D eigenvalue weighted by Crippen LogP contribution is 1.79. The number of hydrogen-bond acceptors (Lipinski definition) is 1. The van der Waals surface area contributed by atoms with Crippen LogP contribution in [0.2, 0.25) is 0 Å². The largest absolute Gasteiger partial charge is 0.247 e. The van der Waals surface area contributed by atoms with Crippen LogP contribution in [0.3, 0.4) is 0 Å². The fourth-order valence-electron chi connectivity index (χ4n) is 0.385. The van der Waals surface area contributed by atoms with Gasteiger partial charge in [0.15, 0.2) is 0 Å². The van der Waals surface area contributed by atoms with Gasteiger partial charge in [-0.2, -0.15) is 0 Å². The molecule has 1 rings (SSSR count). The molecule has 0 spiro atoms. The minimum atomic E-state index is 2.00. The normalized spacial score (nSPS) is 6.75. The summed E-state index contributed by atoms with van der Waals surface area (Å²) >= 11 is 4.14. The van der Waals surface area contributed by atoms with E-state index in [9.17, 15) is 0 Å². The standard InChI is InChI=1S/C6H6.ClH2N/c1-2-4-6-5-3-1;1-2/h1-6H;2H2. The monoisotopic (exact) mass is 129 g/mol. The molecule has 0 bridgehead atoms. The van der Waals surface area contributed by atoms with Crippen molar-refractivity contribution in [2.75, 3.05) is 0 Å². The van der Waals surface area contributed by atoms with Crippen LogP contribution in [-0.2, 0) is 0 Å². The van der Waals surface area contributed by atoms with Crippen molar-refractivity contribution >= 4 is 11.8 Å². The topological polar surface area (TPSA) is 26.0 Å². The second-order valence-corrected chi connectivity index (χ2v) is 1.15. The van der Waals surface area contributed by atoms with E-state index in [0.717, 1.165) is 0 Å². The molecule has 0 aliphatic heterocycles. The molecule has 8 heavy (non-hydrogen) atoms. The van der Waals surface area contributed by atoms with Crippen LogP contribution in [0, 0.1) is 0 Å². The molecular formula is C6H8ClN. The van der Waals surface area contributed by atoms with Gasteiger partial charge in [-0.1, -0.05) is 36.4 Å². The molecule has 0 unspecified atom stereocenters. The predicted octanol–water partition coefficient (Wildman–Crippen LogP) is 1.79. The quantitative estimate of drug-likeness (QED) is 0.531. The van der Waals surface area contributed by atoms with Gasteiger partial charge in [0.25, 0.3) is 0 Å². The Labute approximate surface area is 54.2 Å². The number of benzene rings is 1. The van der Waals surface area contributed by atoms with Crippen LogP contribution >= 0.6 is 11.8 Å². The van der Waals surface area contributed by atoms with Crippen LogP contribution in [0.15, 0.2) is 36.4 Å². The molecule has 1 nitrogen and oxygen atoms in total. The first-order valence-electron chi connectivity index (χ1n) is 2.22. The van der Waals surface area contributed by atoms with E-state index in [4.69, 9.17) is 0 Å². The third kappa shape index (κ3) is 3.65. The number of halogens is 1. The minimum absolute atomic E-state index is 2.00. The molecule has 1 aromatic rings. The maximum absolute atomic E-state index is 4.14. The van der Waals surface area contributed by atoms with Gasteiger partial charge in [0.1, 0.15) is 0 Å². The summed E-state index contributed by atoms with van der Waals surface area (Å²) in [6, 6.07) is 12.0. The van der Waals surface area contributed by atoms with Crippen molar-refractivity contribution < 1.29 is 0 Å². The zero-order valence-corrected chi connectivity index (χ0v) is 5.18. The average Bonchev–Trinajstić information content (AvgIpc) is 1.96. The Hall–Kier alpha value is -0.530. The minimum Gasteiger partial charge on any atom is -0.247 e. The lowest BCUT2D eigenvalue weighted by atomic mass is 10.4. The molecule has 0 radical (unpaired) electrons. The van der Waals surface area contributed by atoms with E-state index in [-0.39, 0.29) is 0 Å². The summed E-state index contributed by atoms with van der Waals surface area (Å²) in [5.41, 5.74) is 0. The maximum Gasteiger partial charge on any atom is -0.0285 e. The van der Waals surface area contributed by atoms with Crippen molar-refractivity contribution in [1.29, 1.82) is 0 Å². The Morgan fingerprint density at radius 3 is 0.875 bits per heavy atom. The summed E-state index contributed by atoms with van der Waals surface area (Å²) in [7, 11) is 0. The lowest BCUT2D eigenvalue weighted by molar-refractivity contribution is 1.72. The van der Waals surface area contributed by atoms with E-state index in [0.29, 0.717) is 0 Å². The molecule has 2 heteroatoms. The Bertz CT molecular complexity index is 80.5. The summed E-state index contributed by atoms with van der Waals surface area (Å²) in [5, 5.41) is 3.97. The molecule has 0 aliphatic carbocycles. The fourth-order valence-corrected chi connectivity index (χ4v) is 0.385. The third-order valence-electron chi connectivity index (χ3n) is 0.667. The molecule has 0 atom stereocenters. The van der Waals surface area contributed by atoms with E-state index in [1.807, 2.05) is 36.4 Å². The van der Waals surface area contributed by atoms with Gasteiger partial charge in [-0.15, -0.1) is 0 Å². The van der Waals surface area contributed by atoms with Crippen molar-refractivity contribution in [2.24, 2.45) is 5.25 Å². The molecule has 2 N–H and O–H groups in total. The van der Waals surface area contributed by atoms with Gasteiger partial charge in [-0.05, 0) is 11.8 Å². The lowest BCUT2D eigenvalue weighted by Crippen LogP contribution is -1.48. The molecule has 0 aromatic heterocycles. The molecule has 44 valence electrons. The van der Waals surface area contributed by atoms with Crippen molar-refractivity contribution in [3.05, 3.63) is 36.4 Å². The van der Waals surface area contributed by atoms with Crippen molar-refractivity contribution in [3.8, 4) is 0 Å². The first-order valence-corrected chi connectivity index (χ1v) is 2.65. The second-order valence-electron chi connectivity index (χ2n) is 1.15. The highest BCUT2D eigenvalue weighted by Gasteiger charge is 1.57. The number of nitrogens with two attached hydrogens (primary N) is 1. The Morgan fingerprint density at radius 2 is 0.750 bits per heavy atom. The second kappa shape index (κ2) is 6.47. The van der Waals surface area contributed by atoms with Crippen molar-refractivity contribution in [1.82, 2.24) is 0 Å². The van der Waals surface area contributed by atoms with Crippen LogP contribution in [0.1, 0.15) is 0 Å². The SMILES string of the molecule is NCl.c1ccccc1. The highest BCUT2D eigenvalue weighted by atomic mass is 35.5. The van der Waals surface area contributed by atoms with Gasteiger partial charge in [-0.3, -0.25) is 0 Å². The van der Waals surface area contributed by atoms with Gasteiger partial charge >= 0.3 is 0 Å². The van der Waals surface area contributed by atoms with Crippen molar-refractivity contribution in [2.45, 2.75) is 0 Å². The summed E-state index contributed by atoms with van der Waals surface area (Å²) < 4.78 is 0. The summed E-state index contributed by atoms with van der Waals surface area (Å²) in [4.78, 5) is 0. The molecule has 0 saturated carbocycles. The van der Waals surface area contributed by atoms with Crippen LogP contribution in [0.5, 0.6) is 0 Å². The van der Waals surface area contributed by atoms with E-state index < -0.39 is 0 Å². The predicted molar refractivity (Wildman–Crippen MR) is 36.5 cm³/mol. The molecule has 1 aromatic carbocycles. The van der Waals surface area contributed by atoms with Gasteiger partial charge in [0, 0.05) is 0 Å². The van der Waals surface area contributed by atoms with E-state index in [2.05, 4.69) is 17.0 Å². The van der Waals surface area contributed by atoms with E-state index >= 15 is 0 Å². The third-order valence-corrected chi connectivity index (χ3v) is 0.667. The van der Waals surface area contributed by atoms with Crippen molar-refractivity contribution in [3.63, 3.8) is 0 Å². The Balaban J connectivity index is 0.000000222. The smallest absolute Gasteiger partial charge is 0.0285 e. The van der Waals surface area contributed by atoms with Crippen LogP contribution in [0.4, 0.5) is 0 Å². The van der Waals surface area contributed by atoms with Crippen LogP contribution < -0.4 is 5.25 Å². The van der Waals surface area contributed by atoms with Gasteiger partial charge in [0.2, 0.25) is 0 Å². The summed E-state index contributed by atoms with van der Waals surface area (Å²) in [6.45, 7) is 0. The highest BCUT2D eigenvalue weighted by molar-refractivity contribution is 6.11. The molecular weight excluding hydrogens is 122 g/mol. The first-order chi connectivity index (χ1) is 4.00. The average molecular weight is 130 g/mol. The zero-order valence-electron chi connectivity index (χ0n) is 4.42. The lowest BCUT2D eigenvalue weighted by Gasteiger charge is -1.69. The summed E-state index contributed by atoms with van der Waals surface area (Å²) in [5.74, 6) is 0. The number of hydrogen-bond donors (Lipinski definition) is 1. The number of rotatable bonds is 0. The van der Waals surface area contributed by atoms with Gasteiger partial charge in [0.05, 0.1) is 0 Å². The summed E-state index contributed by atoms with van der Waals surface area (Å²) in [6.07, 6.45) is 0. The molecule has 0 fully saturated rings. The van der Waals surface area contributed by atoms with Gasteiger partial charge < -0.3 is 0 Å². The molecule has 0 saturated heterocycles. The van der Waals surface area contributed by atoms with E-state index in [1.165, 1.54) is 0 Å². The molecule has 0 aliphatic rings. The van der Waals surface area contributed by atoms with E-state index in [1.54, 1.807) is 0 Å². The first kappa shape index (κ1) is 7.47. The zero-order chi connectivity index (χ0) is 6.24.